The molecular weight excluding hydrogens is 198 g/mol. The first-order chi connectivity index (χ1) is 7.78. The number of nitrogens with zero attached hydrogens (tertiary/aromatic N) is 1. The predicted octanol–water partition coefficient (Wildman–Crippen LogP) is 2.66. The second-order valence-corrected chi connectivity index (χ2v) is 5.84. The highest BCUT2D eigenvalue weighted by Gasteiger charge is 2.24. The zero-order chi connectivity index (χ0) is 11.4. The first-order valence-electron chi connectivity index (χ1n) is 7.18. The van der Waals surface area contributed by atoms with E-state index in [1.807, 2.05) is 0 Å². The summed E-state index contributed by atoms with van der Waals surface area (Å²) in [5.41, 5.74) is 0. The second-order valence-electron chi connectivity index (χ2n) is 5.84. The van der Waals surface area contributed by atoms with E-state index in [0.29, 0.717) is 0 Å². The molecule has 2 aliphatic rings. The predicted molar refractivity (Wildman–Crippen MR) is 67.4 cm³/mol. The fraction of sp³-hybridized carbons (Fsp3) is 1.00. The van der Waals surface area contributed by atoms with E-state index in [4.69, 9.17) is 0 Å². The fourth-order valence-electron chi connectivity index (χ4n) is 3.41. The van der Waals surface area contributed by atoms with Crippen LogP contribution in [0.4, 0.5) is 0 Å². The summed E-state index contributed by atoms with van der Waals surface area (Å²) in [5.74, 6) is 1.93. The Kier molecular flexibility index (Phi) is 4.66. The van der Waals surface area contributed by atoms with Crippen LogP contribution in [0.2, 0.25) is 0 Å². The number of likely N-dealkylation sites (tertiary alicyclic amines) is 1. The van der Waals surface area contributed by atoms with Crippen LogP contribution in [-0.4, -0.2) is 35.7 Å². The lowest BCUT2D eigenvalue weighted by molar-refractivity contribution is 0.0675. The summed E-state index contributed by atoms with van der Waals surface area (Å²) in [4.78, 5) is 2.58. The molecule has 0 radical (unpaired) electrons. The minimum atomic E-state index is -0.0222. The van der Waals surface area contributed by atoms with Crippen molar-refractivity contribution in [3.63, 3.8) is 0 Å². The molecule has 2 rings (SSSR count). The van der Waals surface area contributed by atoms with Crippen LogP contribution in [0.1, 0.15) is 51.9 Å². The van der Waals surface area contributed by atoms with E-state index in [1.165, 1.54) is 38.6 Å². The Morgan fingerprint density at radius 1 is 1.06 bits per heavy atom. The highest BCUT2D eigenvalue weighted by atomic mass is 16.3. The van der Waals surface area contributed by atoms with Gasteiger partial charge in [0.2, 0.25) is 0 Å². The normalized spacial score (nSPS) is 34.1. The van der Waals surface area contributed by atoms with E-state index >= 15 is 0 Å². The van der Waals surface area contributed by atoms with Gasteiger partial charge in [0.15, 0.2) is 0 Å². The summed E-state index contributed by atoms with van der Waals surface area (Å²) < 4.78 is 0. The maximum atomic E-state index is 9.49. The van der Waals surface area contributed by atoms with Gasteiger partial charge in [0.25, 0.3) is 0 Å². The van der Waals surface area contributed by atoms with Crippen molar-refractivity contribution in [1.29, 1.82) is 0 Å². The molecule has 1 saturated heterocycles. The van der Waals surface area contributed by atoms with Crippen LogP contribution in [0.3, 0.4) is 0 Å². The van der Waals surface area contributed by atoms with Crippen molar-refractivity contribution in [1.82, 2.24) is 4.90 Å². The first kappa shape index (κ1) is 12.4. The summed E-state index contributed by atoms with van der Waals surface area (Å²) in [6, 6.07) is 0. The Hall–Kier alpha value is -0.0800. The van der Waals surface area contributed by atoms with Gasteiger partial charge in [-0.25, -0.2) is 0 Å². The summed E-state index contributed by atoms with van der Waals surface area (Å²) in [6.07, 6.45) is 9.13. The van der Waals surface area contributed by atoms with E-state index in [2.05, 4.69) is 11.8 Å². The number of rotatable bonds is 3. The average Bonchev–Trinajstić information content (AvgIpc) is 2.32. The van der Waals surface area contributed by atoms with Crippen LogP contribution in [-0.2, 0) is 0 Å². The molecule has 0 aromatic carbocycles. The zero-order valence-electron chi connectivity index (χ0n) is 10.7. The molecule has 0 spiro atoms. The monoisotopic (exact) mass is 225 g/mol. The Balaban J connectivity index is 1.72. The largest absolute Gasteiger partial charge is 0.393 e. The van der Waals surface area contributed by atoms with E-state index < -0.39 is 0 Å². The molecule has 0 aromatic heterocycles. The lowest BCUT2D eigenvalue weighted by Crippen LogP contribution is -2.39. The number of aliphatic hydroxyl groups is 1. The second kappa shape index (κ2) is 6.02. The van der Waals surface area contributed by atoms with Crippen LogP contribution in [0, 0.1) is 11.8 Å². The molecule has 2 unspecified atom stereocenters. The van der Waals surface area contributed by atoms with Crippen molar-refractivity contribution in [2.75, 3.05) is 19.6 Å². The van der Waals surface area contributed by atoms with Crippen molar-refractivity contribution in [2.45, 2.75) is 58.0 Å². The lowest BCUT2D eigenvalue weighted by Gasteiger charge is -2.35. The van der Waals surface area contributed by atoms with Gasteiger partial charge in [-0.3, -0.25) is 0 Å². The third kappa shape index (κ3) is 3.46. The number of piperidine rings is 1. The van der Waals surface area contributed by atoms with Crippen LogP contribution < -0.4 is 0 Å². The highest BCUT2D eigenvalue weighted by molar-refractivity contribution is 4.78. The van der Waals surface area contributed by atoms with Crippen LogP contribution in [0.25, 0.3) is 0 Å². The van der Waals surface area contributed by atoms with Crippen LogP contribution in [0.5, 0.6) is 0 Å². The maximum Gasteiger partial charge on any atom is 0.0564 e. The quantitative estimate of drug-likeness (QED) is 0.798. The molecule has 2 atom stereocenters. The molecule has 16 heavy (non-hydrogen) atoms. The molecule has 0 bridgehead atoms. The van der Waals surface area contributed by atoms with Gasteiger partial charge < -0.3 is 10.0 Å². The van der Waals surface area contributed by atoms with Crippen molar-refractivity contribution in [2.24, 2.45) is 11.8 Å². The van der Waals surface area contributed by atoms with Crippen molar-refractivity contribution >= 4 is 0 Å². The van der Waals surface area contributed by atoms with Gasteiger partial charge in [-0.1, -0.05) is 26.2 Å². The molecule has 1 saturated carbocycles. The van der Waals surface area contributed by atoms with Crippen molar-refractivity contribution in [3.05, 3.63) is 0 Å². The molecule has 1 heterocycles. The highest BCUT2D eigenvalue weighted by Crippen LogP contribution is 2.31. The maximum absolute atomic E-state index is 9.49. The van der Waals surface area contributed by atoms with Crippen LogP contribution in [0.15, 0.2) is 0 Å². The topological polar surface area (TPSA) is 23.5 Å². The van der Waals surface area contributed by atoms with E-state index in [1.54, 1.807) is 0 Å². The molecule has 1 aliphatic carbocycles. The van der Waals surface area contributed by atoms with Gasteiger partial charge in [0.1, 0.15) is 0 Å². The lowest BCUT2D eigenvalue weighted by atomic mass is 9.80. The van der Waals surface area contributed by atoms with Gasteiger partial charge >= 0.3 is 0 Å². The smallest absolute Gasteiger partial charge is 0.0564 e. The van der Waals surface area contributed by atoms with Crippen LogP contribution >= 0.6 is 0 Å². The molecule has 94 valence electrons. The summed E-state index contributed by atoms with van der Waals surface area (Å²) in [5, 5.41) is 9.49. The molecule has 2 fully saturated rings. The summed E-state index contributed by atoms with van der Waals surface area (Å²) in [7, 11) is 0. The molecule has 1 N–H and O–H groups in total. The Labute approximate surface area is 100 Å². The Bertz CT molecular complexity index is 199. The number of aliphatic hydroxyl groups excluding tert-OH is 1. The third-order valence-electron chi connectivity index (χ3n) is 4.54. The molecule has 0 amide bonds. The standard InChI is InChI=1S/C14H27NO/c1-2-12-4-3-5-13(10-12)11-15-8-6-14(16)7-9-15/h12-14,16H,2-11H2,1H3. The molecule has 2 heteroatoms. The molecule has 0 aromatic rings. The average molecular weight is 225 g/mol. The van der Waals surface area contributed by atoms with Gasteiger partial charge in [0.05, 0.1) is 6.10 Å². The summed E-state index contributed by atoms with van der Waals surface area (Å²) in [6.45, 7) is 5.87. The van der Waals surface area contributed by atoms with Crippen molar-refractivity contribution in [3.8, 4) is 0 Å². The molecular formula is C14H27NO. The van der Waals surface area contributed by atoms with E-state index in [-0.39, 0.29) is 6.10 Å². The van der Waals surface area contributed by atoms with E-state index in [9.17, 15) is 5.11 Å². The van der Waals surface area contributed by atoms with Gasteiger partial charge in [-0.05, 0) is 37.5 Å². The van der Waals surface area contributed by atoms with Crippen molar-refractivity contribution < 1.29 is 5.11 Å². The molecule has 2 nitrogen and oxygen atoms in total. The Morgan fingerprint density at radius 3 is 2.44 bits per heavy atom. The van der Waals surface area contributed by atoms with Gasteiger partial charge in [-0.2, -0.15) is 0 Å². The SMILES string of the molecule is CCC1CCCC(CN2CCC(O)CC2)C1. The number of hydrogen-bond donors (Lipinski definition) is 1. The van der Waals surface area contributed by atoms with Gasteiger partial charge in [-0.15, -0.1) is 0 Å². The minimum Gasteiger partial charge on any atom is -0.393 e. The van der Waals surface area contributed by atoms with Gasteiger partial charge in [0, 0.05) is 19.6 Å². The number of hydrogen-bond acceptors (Lipinski definition) is 2. The first-order valence-corrected chi connectivity index (χ1v) is 7.18. The fourth-order valence-corrected chi connectivity index (χ4v) is 3.41. The molecule has 1 aliphatic heterocycles. The van der Waals surface area contributed by atoms with E-state index in [0.717, 1.165) is 37.8 Å². The minimum absolute atomic E-state index is 0.0222. The summed E-state index contributed by atoms with van der Waals surface area (Å²) >= 11 is 0. The Morgan fingerprint density at radius 2 is 1.75 bits per heavy atom. The zero-order valence-corrected chi connectivity index (χ0v) is 10.7. The third-order valence-corrected chi connectivity index (χ3v) is 4.54.